The van der Waals surface area contributed by atoms with Crippen LogP contribution in [-0.4, -0.2) is 18.5 Å². The Hall–Kier alpha value is -1.81. The Morgan fingerprint density at radius 2 is 2.22 bits per heavy atom. The Kier molecular flexibility index (Phi) is 3.99. The molecule has 4 heteroatoms. The molecule has 0 aliphatic rings. The number of carbonyl (C=O) groups is 1. The normalized spacial score (nSPS) is 12.6. The van der Waals surface area contributed by atoms with Gasteiger partial charge < -0.3 is 15.5 Å². The molecule has 0 aliphatic carbocycles. The maximum atomic E-state index is 12.0. The fourth-order valence-corrected chi connectivity index (χ4v) is 1.87. The molecule has 2 aromatic rings. The third-order valence-electron chi connectivity index (χ3n) is 2.85. The predicted octanol–water partition coefficient (Wildman–Crippen LogP) is 2.29. The maximum absolute atomic E-state index is 12.0. The molecule has 0 fully saturated rings. The van der Waals surface area contributed by atoms with Crippen LogP contribution in [0.3, 0.4) is 0 Å². The van der Waals surface area contributed by atoms with Crippen molar-refractivity contribution in [2.75, 3.05) is 6.54 Å². The quantitative estimate of drug-likeness (QED) is 0.795. The average molecular weight is 246 g/mol. The van der Waals surface area contributed by atoms with Crippen LogP contribution in [0.4, 0.5) is 0 Å². The molecule has 0 saturated heterocycles. The standard InChI is InChI=1S/C14H18N2O2/c1-10(15)5-4-8-16-14(17)12-9-18-13-7-3-2-6-11(12)13/h2-3,6-7,9-10H,4-5,8,15H2,1H3,(H,16,17). The molecule has 4 nitrogen and oxygen atoms in total. The largest absolute Gasteiger partial charge is 0.463 e. The van der Waals surface area contributed by atoms with Crippen molar-refractivity contribution < 1.29 is 9.21 Å². The van der Waals surface area contributed by atoms with E-state index >= 15 is 0 Å². The van der Waals surface area contributed by atoms with E-state index in [1.807, 2.05) is 31.2 Å². The Balaban J connectivity index is 1.97. The Bertz CT molecular complexity index is 531. The first kappa shape index (κ1) is 12.6. The third-order valence-corrected chi connectivity index (χ3v) is 2.85. The van der Waals surface area contributed by atoms with Crippen molar-refractivity contribution in [3.05, 3.63) is 36.1 Å². The van der Waals surface area contributed by atoms with Crippen LogP contribution >= 0.6 is 0 Å². The highest BCUT2D eigenvalue weighted by Gasteiger charge is 2.12. The number of amides is 1. The number of benzene rings is 1. The highest BCUT2D eigenvalue weighted by atomic mass is 16.3. The van der Waals surface area contributed by atoms with Gasteiger partial charge in [0.1, 0.15) is 11.8 Å². The molecule has 0 bridgehead atoms. The van der Waals surface area contributed by atoms with E-state index in [0.717, 1.165) is 23.8 Å². The summed E-state index contributed by atoms with van der Waals surface area (Å²) in [5, 5.41) is 3.73. The van der Waals surface area contributed by atoms with Gasteiger partial charge in [0.15, 0.2) is 0 Å². The molecule has 1 heterocycles. The van der Waals surface area contributed by atoms with Crippen LogP contribution in [0.2, 0.25) is 0 Å². The zero-order valence-corrected chi connectivity index (χ0v) is 10.5. The van der Waals surface area contributed by atoms with Crippen LogP contribution in [0, 0.1) is 0 Å². The number of fused-ring (bicyclic) bond motifs is 1. The van der Waals surface area contributed by atoms with Crippen LogP contribution in [0.15, 0.2) is 34.9 Å². The summed E-state index contributed by atoms with van der Waals surface area (Å²) in [6.07, 6.45) is 3.30. The summed E-state index contributed by atoms with van der Waals surface area (Å²) in [4.78, 5) is 12.0. The number of nitrogens with one attached hydrogen (secondary N) is 1. The van der Waals surface area contributed by atoms with Gasteiger partial charge in [0.05, 0.1) is 5.56 Å². The summed E-state index contributed by atoms with van der Waals surface area (Å²) in [6.45, 7) is 2.60. The molecular weight excluding hydrogens is 228 g/mol. The summed E-state index contributed by atoms with van der Waals surface area (Å²) in [6, 6.07) is 7.69. The zero-order chi connectivity index (χ0) is 13.0. The fraction of sp³-hybridized carbons (Fsp3) is 0.357. The van der Waals surface area contributed by atoms with Gasteiger partial charge in [0, 0.05) is 18.0 Å². The van der Waals surface area contributed by atoms with E-state index in [1.54, 1.807) is 0 Å². The molecule has 2 rings (SSSR count). The molecule has 1 atom stereocenters. The summed E-state index contributed by atoms with van der Waals surface area (Å²) in [5.74, 6) is -0.0929. The lowest BCUT2D eigenvalue weighted by molar-refractivity contribution is 0.0953. The van der Waals surface area contributed by atoms with Gasteiger partial charge in [-0.05, 0) is 25.8 Å². The van der Waals surface area contributed by atoms with Crippen molar-refractivity contribution in [1.29, 1.82) is 0 Å². The monoisotopic (exact) mass is 246 g/mol. The fourth-order valence-electron chi connectivity index (χ4n) is 1.87. The van der Waals surface area contributed by atoms with Crippen LogP contribution in [0.1, 0.15) is 30.1 Å². The van der Waals surface area contributed by atoms with Gasteiger partial charge in [0.2, 0.25) is 0 Å². The van der Waals surface area contributed by atoms with Crippen LogP contribution < -0.4 is 11.1 Å². The summed E-state index contributed by atoms with van der Waals surface area (Å²) in [7, 11) is 0. The average Bonchev–Trinajstić information content (AvgIpc) is 2.78. The molecule has 18 heavy (non-hydrogen) atoms. The second-order valence-corrected chi connectivity index (χ2v) is 4.52. The SMILES string of the molecule is CC(N)CCCNC(=O)c1coc2ccccc12. The summed E-state index contributed by atoms with van der Waals surface area (Å²) >= 11 is 0. The summed E-state index contributed by atoms with van der Waals surface area (Å²) < 4.78 is 5.33. The van der Waals surface area contributed by atoms with Gasteiger partial charge in [-0.2, -0.15) is 0 Å². The van der Waals surface area contributed by atoms with Crippen molar-refractivity contribution >= 4 is 16.9 Å². The second kappa shape index (κ2) is 5.69. The van der Waals surface area contributed by atoms with E-state index < -0.39 is 0 Å². The molecule has 0 aliphatic heterocycles. The lowest BCUT2D eigenvalue weighted by atomic mass is 10.1. The number of hydrogen-bond acceptors (Lipinski definition) is 3. The number of rotatable bonds is 5. The van der Waals surface area contributed by atoms with Gasteiger partial charge in [-0.1, -0.05) is 18.2 Å². The van der Waals surface area contributed by atoms with Crippen molar-refractivity contribution in [3.63, 3.8) is 0 Å². The van der Waals surface area contributed by atoms with Crippen molar-refractivity contribution in [3.8, 4) is 0 Å². The molecule has 1 aromatic carbocycles. The molecule has 1 unspecified atom stereocenters. The Morgan fingerprint density at radius 1 is 1.44 bits per heavy atom. The van der Waals surface area contributed by atoms with Gasteiger partial charge in [-0.25, -0.2) is 0 Å². The number of furan rings is 1. The number of carbonyl (C=O) groups excluding carboxylic acids is 1. The molecule has 0 radical (unpaired) electrons. The van der Waals surface area contributed by atoms with Crippen molar-refractivity contribution in [2.24, 2.45) is 5.73 Å². The third kappa shape index (κ3) is 2.90. The highest BCUT2D eigenvalue weighted by molar-refractivity contribution is 6.05. The molecule has 3 N–H and O–H groups in total. The van der Waals surface area contributed by atoms with Crippen molar-refractivity contribution in [2.45, 2.75) is 25.8 Å². The van der Waals surface area contributed by atoms with Gasteiger partial charge in [-0.15, -0.1) is 0 Å². The number of hydrogen-bond donors (Lipinski definition) is 2. The molecular formula is C14H18N2O2. The first-order valence-electron chi connectivity index (χ1n) is 6.18. The van der Waals surface area contributed by atoms with Crippen LogP contribution in [-0.2, 0) is 0 Å². The van der Waals surface area contributed by atoms with Gasteiger partial charge >= 0.3 is 0 Å². The first-order chi connectivity index (χ1) is 8.68. The van der Waals surface area contributed by atoms with E-state index in [2.05, 4.69) is 5.32 Å². The highest BCUT2D eigenvalue weighted by Crippen LogP contribution is 2.20. The van der Waals surface area contributed by atoms with E-state index in [9.17, 15) is 4.79 Å². The van der Waals surface area contributed by atoms with Gasteiger partial charge in [0.25, 0.3) is 5.91 Å². The maximum Gasteiger partial charge on any atom is 0.255 e. The lowest BCUT2D eigenvalue weighted by Gasteiger charge is -2.06. The minimum atomic E-state index is -0.0929. The number of para-hydroxylation sites is 1. The minimum absolute atomic E-state index is 0.0929. The van der Waals surface area contributed by atoms with E-state index in [-0.39, 0.29) is 11.9 Å². The smallest absolute Gasteiger partial charge is 0.255 e. The molecule has 1 amide bonds. The molecule has 0 saturated carbocycles. The van der Waals surface area contributed by atoms with Crippen molar-refractivity contribution in [1.82, 2.24) is 5.32 Å². The van der Waals surface area contributed by atoms with E-state index in [1.165, 1.54) is 6.26 Å². The zero-order valence-electron chi connectivity index (χ0n) is 10.5. The topological polar surface area (TPSA) is 68.3 Å². The van der Waals surface area contributed by atoms with Crippen LogP contribution in [0.5, 0.6) is 0 Å². The first-order valence-corrected chi connectivity index (χ1v) is 6.18. The Morgan fingerprint density at radius 3 is 3.00 bits per heavy atom. The molecule has 96 valence electrons. The number of nitrogens with two attached hydrogens (primary N) is 1. The minimum Gasteiger partial charge on any atom is -0.463 e. The summed E-state index contributed by atoms with van der Waals surface area (Å²) in [5.41, 5.74) is 6.97. The second-order valence-electron chi connectivity index (χ2n) is 4.52. The molecule has 1 aromatic heterocycles. The lowest BCUT2D eigenvalue weighted by Crippen LogP contribution is -2.25. The predicted molar refractivity (Wildman–Crippen MR) is 71.4 cm³/mol. The van der Waals surface area contributed by atoms with Crippen LogP contribution in [0.25, 0.3) is 11.0 Å². The Labute approximate surface area is 106 Å². The van der Waals surface area contributed by atoms with E-state index in [4.69, 9.17) is 10.2 Å². The van der Waals surface area contributed by atoms with Gasteiger partial charge in [-0.3, -0.25) is 4.79 Å². The van der Waals surface area contributed by atoms with E-state index in [0.29, 0.717) is 12.1 Å². The molecule has 0 spiro atoms.